The molecule has 1 N–H and O–H groups in total. The molecular weight excluding hydrogens is 338 g/mol. The van der Waals surface area contributed by atoms with E-state index in [0.29, 0.717) is 6.54 Å². The molecule has 0 saturated carbocycles. The van der Waals surface area contributed by atoms with Crippen LogP contribution in [0.5, 0.6) is 0 Å². The highest BCUT2D eigenvalue weighted by molar-refractivity contribution is 5.51. The number of hydrogen-bond acceptors (Lipinski definition) is 4. The van der Waals surface area contributed by atoms with Crippen LogP contribution in [0.4, 0.5) is 0 Å². The molecule has 4 heterocycles. The molecule has 0 bridgehead atoms. The monoisotopic (exact) mass is 359 g/mol. The van der Waals surface area contributed by atoms with Crippen molar-refractivity contribution >= 4 is 0 Å². The van der Waals surface area contributed by atoms with E-state index in [9.17, 15) is 0 Å². The van der Waals surface area contributed by atoms with Crippen LogP contribution in [-0.4, -0.2) is 35.7 Å². The number of rotatable bonds is 4. The smallest absolute Gasteiger partial charge is 0.160 e. The van der Waals surface area contributed by atoms with E-state index in [1.807, 2.05) is 35.4 Å². The Morgan fingerprint density at radius 3 is 2.96 bits per heavy atom. The van der Waals surface area contributed by atoms with Crippen molar-refractivity contribution in [2.45, 2.75) is 26.1 Å². The molecule has 0 radical (unpaired) electrons. The van der Waals surface area contributed by atoms with Crippen LogP contribution in [0.15, 0.2) is 61.2 Å². The van der Waals surface area contributed by atoms with Crippen LogP contribution in [0.1, 0.15) is 17.7 Å². The molecule has 7 nitrogen and oxygen atoms in total. The minimum absolute atomic E-state index is 0.714. The Kier molecular flexibility index (Phi) is 4.06. The number of imidazole rings is 1. The van der Waals surface area contributed by atoms with Crippen LogP contribution >= 0.6 is 0 Å². The third-order valence-corrected chi connectivity index (χ3v) is 4.92. The molecule has 136 valence electrons. The van der Waals surface area contributed by atoms with Gasteiger partial charge in [0, 0.05) is 37.9 Å². The first-order valence-corrected chi connectivity index (χ1v) is 9.25. The lowest BCUT2D eigenvalue weighted by Crippen LogP contribution is -2.11. The maximum atomic E-state index is 4.80. The van der Waals surface area contributed by atoms with Crippen molar-refractivity contribution in [2.75, 3.05) is 6.54 Å². The fourth-order valence-corrected chi connectivity index (χ4v) is 3.60. The van der Waals surface area contributed by atoms with Crippen LogP contribution in [0.2, 0.25) is 0 Å². The lowest BCUT2D eigenvalue weighted by atomic mass is 10.1. The van der Waals surface area contributed by atoms with Gasteiger partial charge in [0.15, 0.2) is 5.82 Å². The summed E-state index contributed by atoms with van der Waals surface area (Å²) in [5.74, 6) is 0.894. The summed E-state index contributed by atoms with van der Waals surface area (Å²) >= 11 is 0. The maximum Gasteiger partial charge on any atom is 0.160 e. The highest BCUT2D eigenvalue weighted by atomic mass is 15.3. The SMILES string of the molecule is c1ccc(-n2cccn2)c(Cn2ccnc2-c2cc3n(n2)CCCNC3)c1. The van der Waals surface area contributed by atoms with Crippen molar-refractivity contribution in [1.82, 2.24) is 34.4 Å². The largest absolute Gasteiger partial charge is 0.325 e. The summed E-state index contributed by atoms with van der Waals surface area (Å²) < 4.78 is 6.15. The predicted octanol–water partition coefficient (Wildman–Crippen LogP) is 2.47. The van der Waals surface area contributed by atoms with Gasteiger partial charge in [-0.25, -0.2) is 9.67 Å². The van der Waals surface area contributed by atoms with Gasteiger partial charge in [-0.3, -0.25) is 4.68 Å². The van der Waals surface area contributed by atoms with Crippen molar-refractivity contribution in [3.05, 3.63) is 72.4 Å². The first-order valence-electron chi connectivity index (χ1n) is 9.25. The Morgan fingerprint density at radius 2 is 2.04 bits per heavy atom. The molecule has 3 aromatic heterocycles. The number of aryl methyl sites for hydroxylation is 1. The lowest BCUT2D eigenvalue weighted by Gasteiger charge is -2.11. The van der Waals surface area contributed by atoms with Crippen LogP contribution in [-0.2, 0) is 19.6 Å². The van der Waals surface area contributed by atoms with Gasteiger partial charge in [-0.15, -0.1) is 0 Å². The zero-order valence-corrected chi connectivity index (χ0v) is 15.0. The number of fused-ring (bicyclic) bond motifs is 1. The molecule has 27 heavy (non-hydrogen) atoms. The second-order valence-electron chi connectivity index (χ2n) is 6.73. The highest BCUT2D eigenvalue weighted by Crippen LogP contribution is 2.22. The second-order valence-corrected chi connectivity index (χ2v) is 6.73. The summed E-state index contributed by atoms with van der Waals surface area (Å²) in [5.41, 5.74) is 4.40. The standard InChI is InChI=1S/C20H21N7/c1-2-6-19(27-11-4-8-23-27)16(5-1)15-25-12-9-22-20(25)18-13-17-14-21-7-3-10-26(17)24-18/h1-2,4-6,8-9,11-13,21H,3,7,10,14-15H2. The average Bonchev–Trinajstić information content (AvgIpc) is 3.42. The third kappa shape index (κ3) is 3.06. The highest BCUT2D eigenvalue weighted by Gasteiger charge is 2.16. The van der Waals surface area contributed by atoms with Gasteiger partial charge in [0.2, 0.25) is 0 Å². The molecule has 7 heteroatoms. The topological polar surface area (TPSA) is 65.5 Å². The van der Waals surface area contributed by atoms with Crippen molar-refractivity contribution < 1.29 is 0 Å². The minimum Gasteiger partial charge on any atom is -0.325 e. The van der Waals surface area contributed by atoms with E-state index in [4.69, 9.17) is 5.10 Å². The Labute approximate surface area is 157 Å². The van der Waals surface area contributed by atoms with E-state index in [1.165, 1.54) is 11.3 Å². The molecule has 4 aromatic rings. The van der Waals surface area contributed by atoms with Crippen molar-refractivity contribution in [2.24, 2.45) is 0 Å². The summed E-state index contributed by atoms with van der Waals surface area (Å²) in [6.45, 7) is 3.56. The summed E-state index contributed by atoms with van der Waals surface area (Å²) in [5, 5.41) is 12.6. The predicted molar refractivity (Wildman–Crippen MR) is 102 cm³/mol. The number of nitrogens with one attached hydrogen (secondary N) is 1. The molecule has 0 saturated heterocycles. The molecule has 0 fully saturated rings. The van der Waals surface area contributed by atoms with E-state index >= 15 is 0 Å². The van der Waals surface area contributed by atoms with Crippen molar-refractivity contribution in [3.63, 3.8) is 0 Å². The average molecular weight is 359 g/mol. The Morgan fingerprint density at radius 1 is 1.07 bits per heavy atom. The van der Waals surface area contributed by atoms with Gasteiger partial charge < -0.3 is 9.88 Å². The molecule has 0 unspecified atom stereocenters. The fraction of sp³-hybridized carbons (Fsp3) is 0.250. The van der Waals surface area contributed by atoms with Gasteiger partial charge in [-0.1, -0.05) is 18.2 Å². The zero-order chi connectivity index (χ0) is 18.1. The quantitative estimate of drug-likeness (QED) is 0.608. The molecule has 0 amide bonds. The molecule has 5 rings (SSSR count). The van der Waals surface area contributed by atoms with Crippen molar-refractivity contribution in [3.8, 4) is 17.2 Å². The van der Waals surface area contributed by atoms with E-state index in [2.05, 4.69) is 48.9 Å². The van der Waals surface area contributed by atoms with Gasteiger partial charge in [0.25, 0.3) is 0 Å². The third-order valence-electron chi connectivity index (χ3n) is 4.92. The van der Waals surface area contributed by atoms with Crippen molar-refractivity contribution in [1.29, 1.82) is 0 Å². The first kappa shape index (κ1) is 16.0. The van der Waals surface area contributed by atoms with Crippen LogP contribution in [0.3, 0.4) is 0 Å². The molecule has 1 aliphatic heterocycles. The maximum absolute atomic E-state index is 4.80. The lowest BCUT2D eigenvalue weighted by molar-refractivity contribution is 0.588. The number of hydrogen-bond donors (Lipinski definition) is 1. The molecule has 1 aliphatic rings. The molecule has 0 spiro atoms. The molecule has 0 atom stereocenters. The number of para-hydroxylation sites is 1. The zero-order valence-electron chi connectivity index (χ0n) is 15.0. The van der Waals surface area contributed by atoms with E-state index < -0.39 is 0 Å². The summed E-state index contributed by atoms with van der Waals surface area (Å²) in [4.78, 5) is 4.59. The van der Waals surface area contributed by atoms with Gasteiger partial charge in [0.05, 0.1) is 17.9 Å². The summed E-state index contributed by atoms with van der Waals surface area (Å²) in [6, 6.07) is 12.4. The summed E-state index contributed by atoms with van der Waals surface area (Å²) in [6.07, 6.45) is 8.71. The Hall–Kier alpha value is -3.19. The van der Waals surface area contributed by atoms with Crippen LogP contribution < -0.4 is 5.32 Å². The van der Waals surface area contributed by atoms with Gasteiger partial charge in [-0.05, 0) is 36.7 Å². The number of aromatic nitrogens is 6. The van der Waals surface area contributed by atoms with Crippen LogP contribution in [0, 0.1) is 0 Å². The minimum atomic E-state index is 0.714. The fourth-order valence-electron chi connectivity index (χ4n) is 3.60. The van der Waals surface area contributed by atoms with Gasteiger partial charge >= 0.3 is 0 Å². The van der Waals surface area contributed by atoms with Gasteiger partial charge in [0.1, 0.15) is 5.69 Å². The first-order chi connectivity index (χ1) is 13.4. The second kappa shape index (κ2) is 6.85. The Bertz CT molecular complexity index is 1020. The molecule has 1 aromatic carbocycles. The number of nitrogens with zero attached hydrogens (tertiary/aromatic N) is 6. The van der Waals surface area contributed by atoms with Crippen LogP contribution in [0.25, 0.3) is 17.2 Å². The molecule has 0 aliphatic carbocycles. The van der Waals surface area contributed by atoms with E-state index in [1.54, 1.807) is 6.20 Å². The normalized spacial score (nSPS) is 14.1. The number of benzene rings is 1. The molecular formula is C20H21N7. The van der Waals surface area contributed by atoms with E-state index in [-0.39, 0.29) is 0 Å². The van der Waals surface area contributed by atoms with E-state index in [0.717, 1.165) is 43.3 Å². The summed E-state index contributed by atoms with van der Waals surface area (Å²) in [7, 11) is 0. The Balaban J connectivity index is 1.49. The van der Waals surface area contributed by atoms with Gasteiger partial charge in [-0.2, -0.15) is 10.2 Å².